The molecule has 0 saturated carbocycles. The van der Waals surface area contributed by atoms with Crippen LogP contribution in [0.4, 0.5) is 0 Å². The van der Waals surface area contributed by atoms with Gasteiger partial charge in [0.15, 0.2) is 0 Å². The van der Waals surface area contributed by atoms with E-state index in [1.54, 1.807) is 14.2 Å². The summed E-state index contributed by atoms with van der Waals surface area (Å²) in [4.78, 5) is 21.7. The summed E-state index contributed by atoms with van der Waals surface area (Å²) in [6.45, 7) is 0.838. The molecule has 106 valence electrons. The highest BCUT2D eigenvalue weighted by molar-refractivity contribution is 5.70. The molecular weight excluding hydrogens is 240 g/mol. The van der Waals surface area contributed by atoms with Crippen molar-refractivity contribution in [1.82, 2.24) is 0 Å². The number of hydrogen-bond acceptors (Lipinski definition) is 5. The van der Waals surface area contributed by atoms with Gasteiger partial charge in [-0.15, -0.1) is 0 Å². The number of rotatable bonds is 11. The van der Waals surface area contributed by atoms with Crippen molar-refractivity contribution >= 4 is 11.9 Å². The van der Waals surface area contributed by atoms with Gasteiger partial charge in [-0.25, -0.2) is 0 Å². The van der Waals surface area contributed by atoms with Crippen LogP contribution in [0, 0.1) is 0 Å². The van der Waals surface area contributed by atoms with Gasteiger partial charge in [-0.1, -0.05) is 0 Å². The van der Waals surface area contributed by atoms with Crippen LogP contribution < -0.4 is 0 Å². The molecule has 0 aliphatic heterocycles. The predicted octanol–water partition coefficient (Wildman–Crippen LogP) is 1.23. The second-order valence-electron chi connectivity index (χ2n) is 3.95. The van der Waals surface area contributed by atoms with E-state index in [9.17, 15) is 9.59 Å². The number of unbranched alkanes of at least 4 members (excludes halogenated alkanes) is 1. The largest absolute Gasteiger partial charge is 0.481 e. The minimum atomic E-state index is -0.847. The average Bonchev–Trinajstić information content (AvgIpc) is 2.31. The van der Waals surface area contributed by atoms with E-state index in [0.717, 1.165) is 0 Å². The zero-order chi connectivity index (χ0) is 13.8. The van der Waals surface area contributed by atoms with Crippen molar-refractivity contribution in [2.24, 2.45) is 0 Å². The van der Waals surface area contributed by atoms with Gasteiger partial charge in [0, 0.05) is 40.1 Å². The number of carboxylic acids is 1. The number of carboxylic acid groups (broad SMARTS) is 1. The lowest BCUT2D eigenvalue weighted by Gasteiger charge is -2.16. The van der Waals surface area contributed by atoms with Crippen LogP contribution in [0.1, 0.15) is 32.1 Å². The Morgan fingerprint density at radius 2 is 1.78 bits per heavy atom. The van der Waals surface area contributed by atoms with Gasteiger partial charge in [0.25, 0.3) is 0 Å². The maximum atomic E-state index is 11.5. The van der Waals surface area contributed by atoms with E-state index in [2.05, 4.69) is 0 Å². The zero-order valence-corrected chi connectivity index (χ0v) is 11.0. The second-order valence-corrected chi connectivity index (χ2v) is 3.95. The molecule has 0 spiro atoms. The normalized spacial score (nSPS) is 12.1. The third-order valence-electron chi connectivity index (χ3n) is 2.32. The molecule has 1 unspecified atom stereocenters. The Balaban J connectivity index is 3.76. The molecule has 0 aliphatic carbocycles. The number of aliphatic carboxylic acids is 1. The number of hydrogen-bond donors (Lipinski definition) is 1. The molecule has 0 aliphatic rings. The maximum absolute atomic E-state index is 11.5. The van der Waals surface area contributed by atoms with Crippen LogP contribution in [0.25, 0.3) is 0 Å². The van der Waals surface area contributed by atoms with Gasteiger partial charge < -0.3 is 19.3 Å². The van der Waals surface area contributed by atoms with Gasteiger partial charge in [0.05, 0.1) is 6.61 Å². The standard InChI is InChI=1S/C12H22O6/c1-16-8-7-10(9-17-2)18-12(15)6-4-3-5-11(13)14/h10H,3-9H2,1-2H3,(H,13,14). The van der Waals surface area contributed by atoms with Gasteiger partial charge in [0.1, 0.15) is 6.10 Å². The van der Waals surface area contributed by atoms with E-state index < -0.39 is 5.97 Å². The molecule has 0 heterocycles. The summed E-state index contributed by atoms with van der Waals surface area (Å²) in [5.74, 6) is -1.17. The first kappa shape index (κ1) is 16.9. The number of ether oxygens (including phenoxy) is 3. The van der Waals surface area contributed by atoms with E-state index in [1.165, 1.54) is 0 Å². The molecule has 0 fully saturated rings. The Morgan fingerprint density at radius 3 is 2.33 bits per heavy atom. The van der Waals surface area contributed by atoms with E-state index in [4.69, 9.17) is 19.3 Å². The molecule has 0 aromatic carbocycles. The molecule has 0 aromatic heterocycles. The van der Waals surface area contributed by atoms with E-state index in [-0.39, 0.29) is 24.9 Å². The molecule has 18 heavy (non-hydrogen) atoms. The Hall–Kier alpha value is -1.14. The highest BCUT2D eigenvalue weighted by Crippen LogP contribution is 2.06. The van der Waals surface area contributed by atoms with E-state index in [1.807, 2.05) is 0 Å². The predicted molar refractivity (Wildman–Crippen MR) is 64.4 cm³/mol. The van der Waals surface area contributed by atoms with Crippen molar-refractivity contribution in [2.45, 2.75) is 38.2 Å². The molecule has 6 heteroatoms. The SMILES string of the molecule is COCCC(COC)OC(=O)CCCCC(=O)O. The van der Waals surface area contributed by atoms with Crippen molar-refractivity contribution in [3.05, 3.63) is 0 Å². The highest BCUT2D eigenvalue weighted by atomic mass is 16.6. The monoisotopic (exact) mass is 262 g/mol. The molecule has 1 atom stereocenters. The summed E-state index contributed by atoms with van der Waals surface area (Å²) in [6.07, 6.45) is 1.61. The molecule has 0 amide bonds. The Bertz CT molecular complexity index is 241. The molecule has 0 radical (unpaired) electrons. The third kappa shape index (κ3) is 10.0. The van der Waals surface area contributed by atoms with Crippen molar-refractivity contribution < 1.29 is 28.9 Å². The number of methoxy groups -OCH3 is 2. The quantitative estimate of drug-likeness (QED) is 0.445. The topological polar surface area (TPSA) is 82.1 Å². The maximum Gasteiger partial charge on any atom is 0.306 e. The summed E-state index contributed by atoms with van der Waals surface area (Å²) >= 11 is 0. The lowest BCUT2D eigenvalue weighted by molar-refractivity contribution is -0.153. The number of carbonyl (C=O) groups is 2. The van der Waals surface area contributed by atoms with Gasteiger partial charge >= 0.3 is 11.9 Å². The van der Waals surface area contributed by atoms with E-state index >= 15 is 0 Å². The fourth-order valence-corrected chi connectivity index (χ4v) is 1.40. The molecule has 0 bridgehead atoms. The first-order valence-corrected chi connectivity index (χ1v) is 5.99. The summed E-state index contributed by atoms with van der Waals surface area (Å²) in [7, 11) is 3.12. The summed E-state index contributed by atoms with van der Waals surface area (Å²) < 4.78 is 15.1. The smallest absolute Gasteiger partial charge is 0.306 e. The van der Waals surface area contributed by atoms with Crippen LogP contribution in [-0.4, -0.2) is 50.6 Å². The molecule has 6 nitrogen and oxygen atoms in total. The number of esters is 1. The van der Waals surface area contributed by atoms with Crippen molar-refractivity contribution in [1.29, 1.82) is 0 Å². The van der Waals surface area contributed by atoms with Crippen LogP contribution in [-0.2, 0) is 23.8 Å². The van der Waals surface area contributed by atoms with Gasteiger partial charge in [-0.3, -0.25) is 9.59 Å². The Kier molecular flexibility index (Phi) is 10.3. The first-order valence-electron chi connectivity index (χ1n) is 5.99. The fourth-order valence-electron chi connectivity index (χ4n) is 1.40. The minimum absolute atomic E-state index is 0.0818. The molecule has 0 rings (SSSR count). The van der Waals surface area contributed by atoms with Gasteiger partial charge in [-0.2, -0.15) is 0 Å². The second kappa shape index (κ2) is 11.0. The van der Waals surface area contributed by atoms with Gasteiger partial charge in [-0.05, 0) is 12.8 Å². The minimum Gasteiger partial charge on any atom is -0.481 e. The summed E-state index contributed by atoms with van der Waals surface area (Å²) in [5, 5.41) is 8.44. The lowest BCUT2D eigenvalue weighted by Crippen LogP contribution is -2.24. The highest BCUT2D eigenvalue weighted by Gasteiger charge is 2.14. The van der Waals surface area contributed by atoms with Crippen LogP contribution in [0.2, 0.25) is 0 Å². The lowest BCUT2D eigenvalue weighted by atomic mass is 10.2. The number of carbonyl (C=O) groups excluding carboxylic acids is 1. The molecule has 0 aromatic rings. The molecule has 1 N–H and O–H groups in total. The van der Waals surface area contributed by atoms with Crippen molar-refractivity contribution in [3.8, 4) is 0 Å². The van der Waals surface area contributed by atoms with Crippen LogP contribution >= 0.6 is 0 Å². The summed E-state index contributed by atoms with van der Waals surface area (Å²) in [5.41, 5.74) is 0. The first-order chi connectivity index (χ1) is 8.60. The average molecular weight is 262 g/mol. The zero-order valence-electron chi connectivity index (χ0n) is 11.0. The van der Waals surface area contributed by atoms with Crippen LogP contribution in [0.5, 0.6) is 0 Å². The van der Waals surface area contributed by atoms with E-state index in [0.29, 0.717) is 32.5 Å². The van der Waals surface area contributed by atoms with Crippen LogP contribution in [0.3, 0.4) is 0 Å². The molecule has 0 saturated heterocycles. The van der Waals surface area contributed by atoms with Crippen LogP contribution in [0.15, 0.2) is 0 Å². The Labute approximate surface area is 107 Å². The van der Waals surface area contributed by atoms with Crippen molar-refractivity contribution in [2.75, 3.05) is 27.4 Å². The van der Waals surface area contributed by atoms with Gasteiger partial charge in [0.2, 0.25) is 0 Å². The fraction of sp³-hybridized carbons (Fsp3) is 0.833. The Morgan fingerprint density at radius 1 is 1.11 bits per heavy atom. The molecular formula is C12H22O6. The summed E-state index contributed by atoms with van der Waals surface area (Å²) in [6, 6.07) is 0. The van der Waals surface area contributed by atoms with Crippen molar-refractivity contribution in [3.63, 3.8) is 0 Å². The third-order valence-corrected chi connectivity index (χ3v) is 2.32.